The van der Waals surface area contributed by atoms with E-state index in [0.29, 0.717) is 10.6 Å². The Morgan fingerprint density at radius 2 is 1.91 bits per heavy atom. The van der Waals surface area contributed by atoms with Gasteiger partial charge in [-0.05, 0) is 43.2 Å². The van der Waals surface area contributed by atoms with Gasteiger partial charge in [-0.1, -0.05) is 36.7 Å². The van der Waals surface area contributed by atoms with Crippen molar-refractivity contribution in [2.45, 2.75) is 51.1 Å². The summed E-state index contributed by atoms with van der Waals surface area (Å²) >= 11 is 6.17. The minimum absolute atomic E-state index is 0.0942. The lowest BCUT2D eigenvalue weighted by Crippen LogP contribution is -2.41. The molecule has 1 aromatic rings. The summed E-state index contributed by atoms with van der Waals surface area (Å²) in [6.07, 6.45) is 4.41. The van der Waals surface area contributed by atoms with E-state index in [1.165, 1.54) is 0 Å². The van der Waals surface area contributed by atoms with Gasteiger partial charge in [-0.15, -0.1) is 0 Å². The Hall–Kier alpha value is -1.75. The van der Waals surface area contributed by atoms with E-state index in [1.807, 2.05) is 6.07 Å². The lowest BCUT2D eigenvalue weighted by Gasteiger charge is -2.27. The van der Waals surface area contributed by atoms with Crippen LogP contribution in [0.4, 0.5) is 4.79 Å². The normalized spacial score (nSPS) is 22.2. The van der Waals surface area contributed by atoms with Crippen molar-refractivity contribution in [3.05, 3.63) is 34.9 Å². The molecule has 1 fully saturated rings. The molecule has 1 aliphatic carbocycles. The van der Waals surface area contributed by atoms with Gasteiger partial charge in [-0.25, -0.2) is 4.79 Å². The van der Waals surface area contributed by atoms with Crippen molar-refractivity contribution in [3.63, 3.8) is 0 Å². The maximum Gasteiger partial charge on any atom is 0.312 e. The van der Waals surface area contributed by atoms with Gasteiger partial charge in [0.25, 0.3) is 0 Å². The molecular formula is C17H24ClN3O2. The highest BCUT2D eigenvalue weighted by molar-refractivity contribution is 6.31. The highest BCUT2D eigenvalue weighted by Gasteiger charge is 2.23. The number of rotatable bonds is 5. The predicted molar refractivity (Wildman–Crippen MR) is 91.1 cm³/mol. The van der Waals surface area contributed by atoms with Crippen molar-refractivity contribution in [2.75, 3.05) is 0 Å². The SMILES string of the molecule is CC1CCC(NC(=O)C[C@H](NC(N)=O)c2ccccc2Cl)CC1. The van der Waals surface area contributed by atoms with Crippen LogP contribution in [0.1, 0.15) is 50.6 Å². The Morgan fingerprint density at radius 3 is 2.52 bits per heavy atom. The van der Waals surface area contributed by atoms with Crippen LogP contribution in [0.5, 0.6) is 0 Å². The molecule has 0 spiro atoms. The van der Waals surface area contributed by atoms with Crippen LogP contribution in [0.2, 0.25) is 5.02 Å². The minimum atomic E-state index is -0.672. The molecule has 4 N–H and O–H groups in total. The van der Waals surface area contributed by atoms with Crippen LogP contribution >= 0.6 is 11.6 Å². The second-order valence-electron chi connectivity index (χ2n) is 6.31. The second-order valence-corrected chi connectivity index (χ2v) is 6.72. The summed E-state index contributed by atoms with van der Waals surface area (Å²) in [5, 5.41) is 6.17. The highest BCUT2D eigenvalue weighted by Crippen LogP contribution is 2.26. The Balaban J connectivity index is 1.98. The predicted octanol–water partition coefficient (Wildman–Crippen LogP) is 3.13. The minimum Gasteiger partial charge on any atom is -0.353 e. The number of halogens is 1. The molecule has 0 saturated heterocycles. The molecule has 3 amide bonds. The average molecular weight is 338 g/mol. The number of amides is 3. The summed E-state index contributed by atoms with van der Waals surface area (Å²) < 4.78 is 0. The van der Waals surface area contributed by atoms with Gasteiger partial charge in [-0.3, -0.25) is 4.79 Å². The van der Waals surface area contributed by atoms with E-state index >= 15 is 0 Å². The highest BCUT2D eigenvalue weighted by atomic mass is 35.5. The van der Waals surface area contributed by atoms with E-state index in [2.05, 4.69) is 17.6 Å². The van der Waals surface area contributed by atoms with Crippen molar-refractivity contribution in [1.82, 2.24) is 10.6 Å². The Labute approximate surface area is 142 Å². The fraction of sp³-hybridized carbons (Fsp3) is 0.529. The molecule has 0 radical (unpaired) electrons. The van der Waals surface area contributed by atoms with Gasteiger partial charge in [0.1, 0.15) is 0 Å². The third kappa shape index (κ3) is 5.43. The molecule has 1 saturated carbocycles. The molecule has 126 valence electrons. The maximum absolute atomic E-state index is 12.3. The van der Waals surface area contributed by atoms with Crippen molar-refractivity contribution < 1.29 is 9.59 Å². The Kier molecular flexibility index (Phi) is 6.28. The van der Waals surface area contributed by atoms with Crippen LogP contribution in [0.25, 0.3) is 0 Å². The van der Waals surface area contributed by atoms with Crippen molar-refractivity contribution in [3.8, 4) is 0 Å². The fourth-order valence-corrected chi connectivity index (χ4v) is 3.31. The number of carbonyl (C=O) groups excluding carboxylic acids is 2. The fourth-order valence-electron chi connectivity index (χ4n) is 3.04. The van der Waals surface area contributed by atoms with Crippen molar-refractivity contribution >= 4 is 23.5 Å². The lowest BCUT2D eigenvalue weighted by atomic mass is 9.87. The smallest absolute Gasteiger partial charge is 0.312 e. The molecular weight excluding hydrogens is 314 g/mol. The summed E-state index contributed by atoms with van der Waals surface area (Å²) in [7, 11) is 0. The zero-order valence-electron chi connectivity index (χ0n) is 13.3. The zero-order chi connectivity index (χ0) is 16.8. The standard InChI is InChI=1S/C17H24ClN3O2/c1-11-6-8-12(9-7-11)20-16(22)10-15(21-17(19)23)13-4-2-3-5-14(13)18/h2-5,11-12,15H,6-10H2,1H3,(H,20,22)(H3,19,21,23)/t11?,12?,15-/m0/s1. The van der Waals surface area contributed by atoms with Crippen LogP contribution < -0.4 is 16.4 Å². The molecule has 23 heavy (non-hydrogen) atoms. The van der Waals surface area contributed by atoms with E-state index in [1.54, 1.807) is 18.2 Å². The number of nitrogens with two attached hydrogens (primary N) is 1. The first-order valence-corrected chi connectivity index (χ1v) is 8.43. The summed E-state index contributed by atoms with van der Waals surface area (Å²) in [5.41, 5.74) is 5.93. The van der Waals surface area contributed by atoms with Gasteiger partial charge in [0.2, 0.25) is 5.91 Å². The number of hydrogen-bond donors (Lipinski definition) is 3. The monoisotopic (exact) mass is 337 g/mol. The van der Waals surface area contributed by atoms with Crippen LogP contribution in [-0.4, -0.2) is 18.0 Å². The average Bonchev–Trinajstić information content (AvgIpc) is 2.49. The third-order valence-corrected chi connectivity index (χ3v) is 4.71. The quantitative estimate of drug-likeness (QED) is 0.771. The topological polar surface area (TPSA) is 84.2 Å². The number of urea groups is 1. The van der Waals surface area contributed by atoms with Gasteiger partial charge in [0.15, 0.2) is 0 Å². The first-order chi connectivity index (χ1) is 11.0. The summed E-state index contributed by atoms with van der Waals surface area (Å²) in [6.45, 7) is 2.24. The van der Waals surface area contributed by atoms with Crippen LogP contribution in [0, 0.1) is 5.92 Å². The van der Waals surface area contributed by atoms with Gasteiger partial charge in [0, 0.05) is 11.1 Å². The number of nitrogens with one attached hydrogen (secondary N) is 2. The van der Waals surface area contributed by atoms with Crippen molar-refractivity contribution in [2.24, 2.45) is 11.7 Å². The zero-order valence-corrected chi connectivity index (χ0v) is 14.1. The molecule has 0 unspecified atom stereocenters. The summed E-state index contributed by atoms with van der Waals surface area (Å²) in [5.74, 6) is 0.638. The Morgan fingerprint density at radius 1 is 1.26 bits per heavy atom. The molecule has 6 heteroatoms. The molecule has 1 atom stereocenters. The number of primary amides is 1. The molecule has 0 heterocycles. The Bertz CT molecular complexity index is 557. The van der Waals surface area contributed by atoms with Crippen LogP contribution in [0.3, 0.4) is 0 Å². The van der Waals surface area contributed by atoms with E-state index in [9.17, 15) is 9.59 Å². The molecule has 0 bridgehead atoms. The molecule has 2 rings (SSSR count). The third-order valence-electron chi connectivity index (χ3n) is 4.37. The van der Waals surface area contributed by atoms with Crippen LogP contribution in [-0.2, 0) is 4.79 Å². The summed E-state index contributed by atoms with van der Waals surface area (Å²) in [4.78, 5) is 23.6. The van der Waals surface area contributed by atoms with Gasteiger partial charge in [-0.2, -0.15) is 0 Å². The van der Waals surface area contributed by atoms with E-state index in [-0.39, 0.29) is 18.4 Å². The maximum atomic E-state index is 12.3. The van der Waals surface area contributed by atoms with Gasteiger partial charge >= 0.3 is 6.03 Å². The van der Waals surface area contributed by atoms with Gasteiger partial charge < -0.3 is 16.4 Å². The molecule has 1 aliphatic rings. The first kappa shape index (κ1) is 17.6. The number of benzene rings is 1. The second kappa shape index (κ2) is 8.20. The number of hydrogen-bond acceptors (Lipinski definition) is 2. The van der Waals surface area contributed by atoms with E-state index in [4.69, 9.17) is 17.3 Å². The molecule has 0 aromatic heterocycles. The summed E-state index contributed by atoms with van der Waals surface area (Å²) in [6, 6.07) is 6.16. The first-order valence-electron chi connectivity index (χ1n) is 8.05. The lowest BCUT2D eigenvalue weighted by molar-refractivity contribution is -0.122. The number of carbonyl (C=O) groups is 2. The van der Waals surface area contributed by atoms with Crippen molar-refractivity contribution in [1.29, 1.82) is 0 Å². The largest absolute Gasteiger partial charge is 0.353 e. The molecule has 0 aliphatic heterocycles. The molecule has 1 aromatic carbocycles. The molecule has 5 nitrogen and oxygen atoms in total. The van der Waals surface area contributed by atoms with E-state index in [0.717, 1.165) is 31.6 Å². The van der Waals surface area contributed by atoms with Gasteiger partial charge in [0.05, 0.1) is 12.5 Å². The van der Waals surface area contributed by atoms with E-state index < -0.39 is 12.1 Å². The van der Waals surface area contributed by atoms with Crippen LogP contribution in [0.15, 0.2) is 24.3 Å².